The van der Waals surface area contributed by atoms with Gasteiger partial charge >= 0.3 is 0 Å². The Morgan fingerprint density at radius 1 is 1.00 bits per heavy atom. The molecule has 1 heterocycles. The molecule has 0 aliphatic carbocycles. The molecule has 6 nitrogen and oxygen atoms in total. The number of aliphatic hydroxyl groups is 1. The van der Waals surface area contributed by atoms with Crippen molar-refractivity contribution in [2.24, 2.45) is 0 Å². The van der Waals surface area contributed by atoms with Crippen LogP contribution in [0.4, 0.5) is 0 Å². The first kappa shape index (κ1) is 21.4. The first-order valence-corrected chi connectivity index (χ1v) is 10.1. The van der Waals surface area contributed by atoms with E-state index in [9.17, 15) is 5.11 Å². The minimum atomic E-state index is -0.000562. The number of ether oxygens (including phenoxy) is 4. The fourth-order valence-electron chi connectivity index (χ4n) is 3.71. The van der Waals surface area contributed by atoms with E-state index in [0.29, 0.717) is 24.5 Å². The average molecular weight is 402 g/mol. The van der Waals surface area contributed by atoms with Gasteiger partial charge in [0, 0.05) is 37.7 Å². The SMILES string of the molecule is COc1ccc(C(CCO)c2ccccc2OCCN2CCOCC2)cc1OC. The van der Waals surface area contributed by atoms with E-state index >= 15 is 0 Å². The van der Waals surface area contributed by atoms with Gasteiger partial charge in [0.25, 0.3) is 0 Å². The van der Waals surface area contributed by atoms with Crippen molar-refractivity contribution in [1.29, 1.82) is 0 Å². The summed E-state index contributed by atoms with van der Waals surface area (Å²) < 4.78 is 22.4. The summed E-state index contributed by atoms with van der Waals surface area (Å²) in [5.74, 6) is 2.22. The third kappa shape index (κ3) is 5.63. The molecular formula is C23H31NO5. The summed E-state index contributed by atoms with van der Waals surface area (Å²) in [6, 6.07) is 14.0. The van der Waals surface area contributed by atoms with Gasteiger partial charge < -0.3 is 24.1 Å². The van der Waals surface area contributed by atoms with Crippen molar-refractivity contribution in [3.8, 4) is 17.2 Å². The Kier molecular flexibility index (Phi) is 8.16. The summed E-state index contributed by atoms with van der Waals surface area (Å²) >= 11 is 0. The number of para-hydroxylation sites is 1. The summed E-state index contributed by atoms with van der Waals surface area (Å²) in [7, 11) is 3.26. The van der Waals surface area contributed by atoms with Gasteiger partial charge in [0.05, 0.1) is 27.4 Å². The van der Waals surface area contributed by atoms with E-state index in [1.54, 1.807) is 14.2 Å². The van der Waals surface area contributed by atoms with E-state index in [-0.39, 0.29) is 12.5 Å². The molecular weight excluding hydrogens is 370 g/mol. The number of rotatable bonds is 10. The zero-order valence-electron chi connectivity index (χ0n) is 17.3. The van der Waals surface area contributed by atoms with Gasteiger partial charge in [-0.15, -0.1) is 0 Å². The maximum absolute atomic E-state index is 9.71. The van der Waals surface area contributed by atoms with Crippen LogP contribution in [0.25, 0.3) is 0 Å². The second kappa shape index (κ2) is 11.0. The molecule has 2 aromatic carbocycles. The first-order valence-electron chi connectivity index (χ1n) is 10.1. The van der Waals surface area contributed by atoms with Crippen molar-refractivity contribution in [2.75, 3.05) is 60.3 Å². The normalized spacial score (nSPS) is 15.7. The topological polar surface area (TPSA) is 60.4 Å². The monoisotopic (exact) mass is 401 g/mol. The zero-order valence-corrected chi connectivity index (χ0v) is 17.3. The van der Waals surface area contributed by atoms with Crippen molar-refractivity contribution in [2.45, 2.75) is 12.3 Å². The highest BCUT2D eigenvalue weighted by Crippen LogP contribution is 2.38. The maximum atomic E-state index is 9.71. The van der Waals surface area contributed by atoms with Crippen LogP contribution in [0.15, 0.2) is 42.5 Å². The molecule has 29 heavy (non-hydrogen) atoms. The molecule has 158 valence electrons. The molecule has 1 atom stereocenters. The van der Waals surface area contributed by atoms with Crippen LogP contribution >= 0.6 is 0 Å². The quantitative estimate of drug-likeness (QED) is 0.661. The third-order valence-corrected chi connectivity index (χ3v) is 5.29. The van der Waals surface area contributed by atoms with Gasteiger partial charge in [-0.3, -0.25) is 4.90 Å². The molecule has 1 unspecified atom stereocenters. The van der Waals surface area contributed by atoms with Gasteiger partial charge in [0.15, 0.2) is 11.5 Å². The fourth-order valence-corrected chi connectivity index (χ4v) is 3.71. The van der Waals surface area contributed by atoms with Crippen LogP contribution in [0.5, 0.6) is 17.2 Å². The maximum Gasteiger partial charge on any atom is 0.161 e. The second-order valence-corrected chi connectivity index (χ2v) is 7.02. The number of aliphatic hydroxyl groups excluding tert-OH is 1. The van der Waals surface area contributed by atoms with E-state index in [1.807, 2.05) is 36.4 Å². The minimum absolute atomic E-state index is 0.000562. The van der Waals surface area contributed by atoms with E-state index < -0.39 is 0 Å². The predicted molar refractivity (Wildman–Crippen MR) is 112 cm³/mol. The van der Waals surface area contributed by atoms with Crippen LogP contribution in [0, 0.1) is 0 Å². The van der Waals surface area contributed by atoms with Crippen LogP contribution in [-0.2, 0) is 4.74 Å². The first-order chi connectivity index (χ1) is 14.3. The van der Waals surface area contributed by atoms with Crippen LogP contribution in [-0.4, -0.2) is 70.3 Å². The Morgan fingerprint density at radius 2 is 1.76 bits per heavy atom. The summed E-state index contributed by atoms with van der Waals surface area (Å²) in [4.78, 5) is 2.35. The third-order valence-electron chi connectivity index (χ3n) is 5.29. The summed E-state index contributed by atoms with van der Waals surface area (Å²) in [5.41, 5.74) is 2.12. The Labute approximate surface area is 173 Å². The molecule has 1 aliphatic heterocycles. The molecule has 1 fully saturated rings. The van der Waals surface area contributed by atoms with Gasteiger partial charge in [-0.2, -0.15) is 0 Å². The summed E-state index contributed by atoms with van der Waals surface area (Å²) in [5, 5.41) is 9.71. The molecule has 1 aliphatic rings. The number of hydrogen-bond donors (Lipinski definition) is 1. The van der Waals surface area contributed by atoms with E-state index in [1.165, 1.54) is 0 Å². The molecule has 0 aromatic heterocycles. The van der Waals surface area contributed by atoms with Gasteiger partial charge in [0.1, 0.15) is 12.4 Å². The van der Waals surface area contributed by atoms with Crippen molar-refractivity contribution in [3.05, 3.63) is 53.6 Å². The lowest BCUT2D eigenvalue weighted by molar-refractivity contribution is 0.0322. The van der Waals surface area contributed by atoms with Gasteiger partial charge in [-0.05, 0) is 30.2 Å². The molecule has 1 N–H and O–H groups in total. The summed E-state index contributed by atoms with van der Waals surface area (Å²) in [6.07, 6.45) is 0.597. The lowest BCUT2D eigenvalue weighted by Gasteiger charge is -2.27. The second-order valence-electron chi connectivity index (χ2n) is 7.02. The lowest BCUT2D eigenvalue weighted by atomic mass is 9.88. The van der Waals surface area contributed by atoms with Crippen LogP contribution in [0.3, 0.4) is 0 Å². The van der Waals surface area contributed by atoms with Crippen molar-refractivity contribution in [1.82, 2.24) is 4.90 Å². The van der Waals surface area contributed by atoms with Gasteiger partial charge in [-0.25, -0.2) is 0 Å². The standard InChI is InChI=1S/C23H31NO5/c1-26-22-8-7-18(17-23(22)27-2)19(9-13-25)20-5-3-4-6-21(20)29-16-12-24-10-14-28-15-11-24/h3-8,17,19,25H,9-16H2,1-2H3. The molecule has 3 rings (SSSR count). The molecule has 0 spiro atoms. The Hall–Kier alpha value is -2.28. The Morgan fingerprint density at radius 3 is 2.48 bits per heavy atom. The molecule has 6 heteroatoms. The molecule has 0 saturated carbocycles. The average Bonchev–Trinajstić information content (AvgIpc) is 2.78. The molecule has 0 radical (unpaired) electrons. The number of benzene rings is 2. The van der Waals surface area contributed by atoms with Crippen LogP contribution in [0.1, 0.15) is 23.5 Å². The number of morpholine rings is 1. The van der Waals surface area contributed by atoms with Crippen molar-refractivity contribution in [3.63, 3.8) is 0 Å². The number of methoxy groups -OCH3 is 2. The summed E-state index contributed by atoms with van der Waals surface area (Å²) in [6.45, 7) is 5.05. The fraction of sp³-hybridized carbons (Fsp3) is 0.478. The molecule has 1 saturated heterocycles. The highest BCUT2D eigenvalue weighted by atomic mass is 16.5. The number of hydrogen-bond acceptors (Lipinski definition) is 6. The van der Waals surface area contributed by atoms with Gasteiger partial charge in [0.2, 0.25) is 0 Å². The molecule has 0 bridgehead atoms. The van der Waals surface area contributed by atoms with E-state index in [0.717, 1.165) is 49.7 Å². The zero-order chi connectivity index (χ0) is 20.5. The molecule has 2 aromatic rings. The van der Waals surface area contributed by atoms with E-state index in [2.05, 4.69) is 11.0 Å². The van der Waals surface area contributed by atoms with E-state index in [4.69, 9.17) is 18.9 Å². The van der Waals surface area contributed by atoms with Crippen molar-refractivity contribution >= 4 is 0 Å². The van der Waals surface area contributed by atoms with Crippen LogP contribution in [0.2, 0.25) is 0 Å². The number of nitrogens with zero attached hydrogens (tertiary/aromatic N) is 1. The highest BCUT2D eigenvalue weighted by Gasteiger charge is 2.20. The van der Waals surface area contributed by atoms with Gasteiger partial charge in [-0.1, -0.05) is 24.3 Å². The smallest absolute Gasteiger partial charge is 0.161 e. The molecule has 0 amide bonds. The van der Waals surface area contributed by atoms with Crippen LogP contribution < -0.4 is 14.2 Å². The minimum Gasteiger partial charge on any atom is -0.493 e. The van der Waals surface area contributed by atoms with Crippen molar-refractivity contribution < 1.29 is 24.1 Å². The largest absolute Gasteiger partial charge is 0.493 e. The predicted octanol–water partition coefficient (Wildman–Crippen LogP) is 2.93. The Bertz CT molecular complexity index is 761. The Balaban J connectivity index is 1.78. The highest BCUT2D eigenvalue weighted by molar-refractivity contribution is 5.48. The lowest BCUT2D eigenvalue weighted by Crippen LogP contribution is -2.38.